The molecule has 0 bridgehead atoms. The first-order valence-corrected chi connectivity index (χ1v) is 5.95. The van der Waals surface area contributed by atoms with Crippen LogP contribution in [0.15, 0.2) is 24.3 Å². The largest absolute Gasteiger partial charge is 0.508 e. The number of benzene rings is 1. The summed E-state index contributed by atoms with van der Waals surface area (Å²) in [5, 5.41) is 12.6. The van der Waals surface area contributed by atoms with Crippen molar-refractivity contribution in [1.29, 1.82) is 0 Å². The minimum atomic E-state index is 0.129. The molecular formula is C13H18N2O2. The molecule has 0 aliphatic carbocycles. The zero-order valence-corrected chi connectivity index (χ0v) is 10.0. The van der Waals surface area contributed by atoms with E-state index in [0.717, 1.165) is 25.2 Å². The molecule has 1 aliphatic heterocycles. The monoisotopic (exact) mass is 234 g/mol. The molecule has 1 fully saturated rings. The molecule has 17 heavy (non-hydrogen) atoms. The maximum atomic E-state index is 12.1. The van der Waals surface area contributed by atoms with Gasteiger partial charge in [0.15, 0.2) is 0 Å². The highest BCUT2D eigenvalue weighted by Gasteiger charge is 2.22. The van der Waals surface area contributed by atoms with Crippen LogP contribution in [0.25, 0.3) is 0 Å². The average Bonchev–Trinajstić information content (AvgIpc) is 2.29. The number of carbonyl (C=O) groups excluding carboxylic acids is 1. The van der Waals surface area contributed by atoms with Crippen molar-refractivity contribution in [2.45, 2.75) is 19.4 Å². The molecule has 4 heteroatoms. The zero-order chi connectivity index (χ0) is 12.3. The summed E-state index contributed by atoms with van der Waals surface area (Å²) in [5.74, 6) is 0.341. The van der Waals surface area contributed by atoms with Crippen LogP contribution in [0.2, 0.25) is 0 Å². The third kappa shape index (κ3) is 2.97. The smallest absolute Gasteiger partial charge is 0.227 e. The quantitative estimate of drug-likeness (QED) is 0.794. The van der Waals surface area contributed by atoms with Gasteiger partial charge in [-0.15, -0.1) is 0 Å². The van der Waals surface area contributed by atoms with Crippen LogP contribution in [0.4, 0.5) is 0 Å². The van der Waals surface area contributed by atoms with Crippen LogP contribution in [-0.4, -0.2) is 41.6 Å². The van der Waals surface area contributed by atoms with Gasteiger partial charge in [0.05, 0.1) is 6.42 Å². The van der Waals surface area contributed by atoms with E-state index in [0.29, 0.717) is 6.42 Å². The molecule has 0 unspecified atom stereocenters. The predicted molar refractivity (Wildman–Crippen MR) is 65.9 cm³/mol. The molecule has 1 amide bonds. The van der Waals surface area contributed by atoms with Crippen LogP contribution in [-0.2, 0) is 11.2 Å². The van der Waals surface area contributed by atoms with E-state index >= 15 is 0 Å². The topological polar surface area (TPSA) is 52.6 Å². The van der Waals surface area contributed by atoms with E-state index in [-0.39, 0.29) is 17.7 Å². The third-order valence-electron chi connectivity index (χ3n) is 3.09. The standard InChI is InChI=1S/C13H18N2O2/c1-10-9-14-5-6-15(10)13(17)8-11-3-2-4-12(16)7-11/h2-4,7,10,14,16H,5-6,8-9H2,1H3/t10-/m0/s1. The molecule has 4 nitrogen and oxygen atoms in total. The fourth-order valence-corrected chi connectivity index (χ4v) is 2.15. The number of rotatable bonds is 2. The van der Waals surface area contributed by atoms with Gasteiger partial charge in [-0.3, -0.25) is 4.79 Å². The molecule has 1 aromatic carbocycles. The first kappa shape index (κ1) is 11.9. The van der Waals surface area contributed by atoms with Gasteiger partial charge in [0, 0.05) is 25.7 Å². The van der Waals surface area contributed by atoms with Crippen molar-refractivity contribution in [3.8, 4) is 5.75 Å². The lowest BCUT2D eigenvalue weighted by molar-refractivity contribution is -0.133. The molecule has 1 atom stereocenters. The lowest BCUT2D eigenvalue weighted by Crippen LogP contribution is -2.52. The maximum absolute atomic E-state index is 12.1. The normalized spacial score (nSPS) is 20.3. The Kier molecular flexibility index (Phi) is 3.64. The molecule has 0 saturated carbocycles. The Hall–Kier alpha value is -1.55. The number of phenols is 1. The summed E-state index contributed by atoms with van der Waals surface area (Å²) < 4.78 is 0. The van der Waals surface area contributed by atoms with Gasteiger partial charge < -0.3 is 15.3 Å². The fraction of sp³-hybridized carbons (Fsp3) is 0.462. The Bertz CT molecular complexity index is 406. The van der Waals surface area contributed by atoms with E-state index in [1.165, 1.54) is 0 Å². The van der Waals surface area contributed by atoms with Gasteiger partial charge in [-0.25, -0.2) is 0 Å². The summed E-state index contributed by atoms with van der Waals surface area (Å²) in [6.07, 6.45) is 0.360. The van der Waals surface area contributed by atoms with Crippen LogP contribution >= 0.6 is 0 Å². The molecule has 0 aromatic heterocycles. The van der Waals surface area contributed by atoms with Crippen LogP contribution < -0.4 is 5.32 Å². The lowest BCUT2D eigenvalue weighted by atomic mass is 10.1. The highest BCUT2D eigenvalue weighted by Crippen LogP contribution is 2.13. The van der Waals surface area contributed by atoms with E-state index in [1.807, 2.05) is 17.9 Å². The number of aromatic hydroxyl groups is 1. The molecule has 92 valence electrons. The minimum absolute atomic E-state index is 0.129. The number of nitrogens with zero attached hydrogens (tertiary/aromatic N) is 1. The Balaban J connectivity index is 2.01. The van der Waals surface area contributed by atoms with E-state index in [9.17, 15) is 9.90 Å². The highest BCUT2D eigenvalue weighted by atomic mass is 16.3. The zero-order valence-electron chi connectivity index (χ0n) is 10.0. The number of phenolic OH excluding ortho intramolecular Hbond substituents is 1. The van der Waals surface area contributed by atoms with Crippen molar-refractivity contribution >= 4 is 5.91 Å². The molecule has 1 aliphatic rings. The van der Waals surface area contributed by atoms with Crippen molar-refractivity contribution in [2.75, 3.05) is 19.6 Å². The minimum Gasteiger partial charge on any atom is -0.508 e. The molecule has 1 aromatic rings. The predicted octanol–water partition coefficient (Wildman–Crippen LogP) is 0.755. The summed E-state index contributed by atoms with van der Waals surface area (Å²) in [4.78, 5) is 14.0. The summed E-state index contributed by atoms with van der Waals surface area (Å²) in [6.45, 7) is 4.52. The molecule has 2 rings (SSSR count). The van der Waals surface area contributed by atoms with E-state index < -0.39 is 0 Å². The lowest BCUT2D eigenvalue weighted by Gasteiger charge is -2.34. The second-order valence-electron chi connectivity index (χ2n) is 4.49. The average molecular weight is 234 g/mol. The molecule has 2 N–H and O–H groups in total. The first-order valence-electron chi connectivity index (χ1n) is 5.95. The van der Waals surface area contributed by atoms with Gasteiger partial charge in [0.25, 0.3) is 0 Å². The van der Waals surface area contributed by atoms with Crippen molar-refractivity contribution < 1.29 is 9.90 Å². The number of hydrogen-bond donors (Lipinski definition) is 2. The van der Waals surface area contributed by atoms with Crippen molar-refractivity contribution in [3.05, 3.63) is 29.8 Å². The third-order valence-corrected chi connectivity index (χ3v) is 3.09. The van der Waals surface area contributed by atoms with E-state index in [4.69, 9.17) is 0 Å². The Labute approximate surface area is 101 Å². The maximum Gasteiger partial charge on any atom is 0.227 e. The Morgan fingerprint density at radius 2 is 2.41 bits per heavy atom. The molecule has 1 heterocycles. The van der Waals surface area contributed by atoms with Crippen LogP contribution in [0.3, 0.4) is 0 Å². The second-order valence-corrected chi connectivity index (χ2v) is 4.49. The summed E-state index contributed by atoms with van der Waals surface area (Å²) in [7, 11) is 0. The Morgan fingerprint density at radius 3 is 3.12 bits per heavy atom. The van der Waals surface area contributed by atoms with Crippen molar-refractivity contribution in [2.24, 2.45) is 0 Å². The van der Waals surface area contributed by atoms with Gasteiger partial charge in [-0.2, -0.15) is 0 Å². The number of carbonyl (C=O) groups is 1. The van der Waals surface area contributed by atoms with Gasteiger partial charge in [0.1, 0.15) is 5.75 Å². The van der Waals surface area contributed by atoms with Gasteiger partial charge in [-0.05, 0) is 24.6 Å². The van der Waals surface area contributed by atoms with Crippen molar-refractivity contribution in [3.63, 3.8) is 0 Å². The fourth-order valence-electron chi connectivity index (χ4n) is 2.15. The Morgan fingerprint density at radius 1 is 1.59 bits per heavy atom. The molecule has 0 radical (unpaired) electrons. The highest BCUT2D eigenvalue weighted by molar-refractivity contribution is 5.79. The molecule has 1 saturated heterocycles. The second kappa shape index (κ2) is 5.19. The summed E-state index contributed by atoms with van der Waals surface area (Å²) >= 11 is 0. The summed E-state index contributed by atoms with van der Waals surface area (Å²) in [5.41, 5.74) is 0.862. The van der Waals surface area contributed by atoms with E-state index in [2.05, 4.69) is 5.32 Å². The van der Waals surface area contributed by atoms with Crippen molar-refractivity contribution in [1.82, 2.24) is 10.2 Å². The molecule has 0 spiro atoms. The van der Waals surface area contributed by atoms with Gasteiger partial charge in [-0.1, -0.05) is 12.1 Å². The van der Waals surface area contributed by atoms with Gasteiger partial charge >= 0.3 is 0 Å². The number of nitrogens with one attached hydrogen (secondary N) is 1. The number of amides is 1. The molecular weight excluding hydrogens is 216 g/mol. The summed E-state index contributed by atoms with van der Waals surface area (Å²) in [6, 6.07) is 7.13. The first-order chi connectivity index (χ1) is 8.16. The SMILES string of the molecule is C[C@H]1CNCCN1C(=O)Cc1cccc(O)c1. The number of hydrogen-bond acceptors (Lipinski definition) is 3. The van der Waals surface area contributed by atoms with Gasteiger partial charge in [0.2, 0.25) is 5.91 Å². The van der Waals surface area contributed by atoms with Crippen LogP contribution in [0.1, 0.15) is 12.5 Å². The van der Waals surface area contributed by atoms with Crippen LogP contribution in [0, 0.1) is 0 Å². The number of piperazine rings is 1. The van der Waals surface area contributed by atoms with Crippen LogP contribution in [0.5, 0.6) is 5.75 Å². The van der Waals surface area contributed by atoms with E-state index in [1.54, 1.807) is 18.2 Å².